The topological polar surface area (TPSA) is 70.2 Å². The molecule has 7 nitrogen and oxygen atoms in total. The molecule has 2 heterocycles. The molecule has 2 aliphatic heterocycles. The summed E-state index contributed by atoms with van der Waals surface area (Å²) in [4.78, 5) is 45.1. The number of carbonyl (C=O) groups is 3. The Bertz CT molecular complexity index is 1170. The van der Waals surface area contributed by atoms with Crippen molar-refractivity contribution in [2.45, 2.75) is 39.7 Å². The van der Waals surface area contributed by atoms with Gasteiger partial charge in [-0.1, -0.05) is 42.8 Å². The van der Waals surface area contributed by atoms with Gasteiger partial charge in [0.25, 0.3) is 5.91 Å². The number of likely N-dealkylation sites (N-methyl/N-ethyl adjacent to an activating group) is 1. The number of rotatable bonds is 7. The van der Waals surface area contributed by atoms with Crippen molar-refractivity contribution in [1.82, 2.24) is 14.7 Å². The summed E-state index contributed by atoms with van der Waals surface area (Å²) in [6.45, 7) is 10.5. The van der Waals surface area contributed by atoms with Gasteiger partial charge < -0.3 is 19.4 Å². The summed E-state index contributed by atoms with van der Waals surface area (Å²) in [6, 6.07) is 14.6. The van der Waals surface area contributed by atoms with Crippen LogP contribution in [0.25, 0.3) is 0 Å². The first-order chi connectivity index (χ1) is 17.8. The zero-order valence-corrected chi connectivity index (χ0v) is 22.5. The molecule has 0 radical (unpaired) electrons. The molecule has 2 aromatic rings. The number of hydrogen-bond acceptors (Lipinski definition) is 5. The van der Waals surface area contributed by atoms with E-state index in [1.165, 1.54) is 0 Å². The lowest BCUT2D eigenvalue weighted by Crippen LogP contribution is -2.48. The minimum absolute atomic E-state index is 0.0304. The van der Waals surface area contributed by atoms with Crippen LogP contribution in [0.1, 0.15) is 54.6 Å². The number of esters is 1. The van der Waals surface area contributed by atoms with Crippen LogP contribution in [0.4, 0.5) is 0 Å². The summed E-state index contributed by atoms with van der Waals surface area (Å²) >= 11 is 6.05. The van der Waals surface area contributed by atoms with E-state index < -0.39 is 11.9 Å². The Morgan fingerprint density at radius 2 is 1.62 bits per heavy atom. The van der Waals surface area contributed by atoms with Crippen molar-refractivity contribution in [2.24, 2.45) is 0 Å². The number of allylic oxidation sites excluding steroid dienone is 1. The summed E-state index contributed by atoms with van der Waals surface area (Å²) in [6.07, 6.45) is 0.160. The molecule has 0 saturated carbocycles. The van der Waals surface area contributed by atoms with Crippen LogP contribution in [-0.4, -0.2) is 71.8 Å². The monoisotopic (exact) mass is 523 g/mol. The number of carbonyl (C=O) groups excluding carboxylic acids is 3. The maximum Gasteiger partial charge on any atom is 0.336 e. The molecule has 0 aromatic heterocycles. The van der Waals surface area contributed by atoms with Crippen LogP contribution in [-0.2, 0) is 20.9 Å². The molecule has 1 unspecified atom stereocenters. The number of amides is 2. The van der Waals surface area contributed by atoms with Crippen LogP contribution in [0.5, 0.6) is 0 Å². The number of halogens is 1. The van der Waals surface area contributed by atoms with E-state index >= 15 is 0 Å². The van der Waals surface area contributed by atoms with Gasteiger partial charge in [0.1, 0.15) is 0 Å². The highest BCUT2D eigenvalue weighted by Crippen LogP contribution is 2.38. The number of ether oxygens (including phenoxy) is 1. The van der Waals surface area contributed by atoms with Crippen molar-refractivity contribution in [3.63, 3.8) is 0 Å². The first-order valence-electron chi connectivity index (χ1n) is 12.9. The van der Waals surface area contributed by atoms with Crippen LogP contribution in [0, 0.1) is 0 Å². The van der Waals surface area contributed by atoms with Crippen LogP contribution >= 0.6 is 11.6 Å². The average molecular weight is 524 g/mol. The van der Waals surface area contributed by atoms with Gasteiger partial charge in [-0.25, -0.2) is 4.79 Å². The SMILES string of the molecule is CCOC(=O)C1=C(C)N(Cc2ccc(C(=O)N3CCN(CC)CC3)cc2)C(=O)CC1c1ccc(Cl)cc1. The van der Waals surface area contributed by atoms with Crippen molar-refractivity contribution in [1.29, 1.82) is 0 Å². The van der Waals surface area contributed by atoms with Gasteiger partial charge in [0.2, 0.25) is 5.91 Å². The molecule has 1 fully saturated rings. The predicted molar refractivity (Wildman–Crippen MR) is 143 cm³/mol. The first-order valence-corrected chi connectivity index (χ1v) is 13.2. The van der Waals surface area contributed by atoms with E-state index in [1.54, 1.807) is 30.9 Å². The van der Waals surface area contributed by atoms with Gasteiger partial charge in [-0.05, 0) is 55.8 Å². The molecular formula is C29H34ClN3O4. The molecule has 2 aliphatic rings. The van der Waals surface area contributed by atoms with E-state index in [2.05, 4.69) is 11.8 Å². The van der Waals surface area contributed by atoms with Gasteiger partial charge in [0.15, 0.2) is 0 Å². The third-order valence-corrected chi connectivity index (χ3v) is 7.49. The lowest BCUT2D eigenvalue weighted by molar-refractivity contribution is -0.140. The van der Waals surface area contributed by atoms with Crippen molar-refractivity contribution in [3.8, 4) is 0 Å². The Kier molecular flexibility index (Phi) is 8.67. The fraction of sp³-hybridized carbons (Fsp3) is 0.414. The molecule has 0 aliphatic carbocycles. The standard InChI is InChI=1S/C29H34ClN3O4/c1-4-31-14-16-32(17-15-31)28(35)23-8-6-21(7-9-23)19-33-20(3)27(29(36)37-5-2)25(18-26(33)34)22-10-12-24(30)13-11-22/h6-13,25H,4-5,14-19H2,1-3H3. The zero-order valence-electron chi connectivity index (χ0n) is 21.7. The van der Waals surface area contributed by atoms with Gasteiger partial charge in [0.05, 0.1) is 18.7 Å². The van der Waals surface area contributed by atoms with E-state index in [4.69, 9.17) is 16.3 Å². The molecule has 0 spiro atoms. The van der Waals surface area contributed by atoms with E-state index in [0.717, 1.165) is 43.9 Å². The Balaban J connectivity index is 1.53. The Hall–Kier alpha value is -3.16. The summed E-state index contributed by atoms with van der Waals surface area (Å²) in [5, 5.41) is 0.594. The van der Waals surface area contributed by atoms with E-state index in [0.29, 0.717) is 28.4 Å². The number of hydrogen-bond donors (Lipinski definition) is 0. The highest BCUT2D eigenvalue weighted by molar-refractivity contribution is 6.30. The smallest absolute Gasteiger partial charge is 0.336 e. The minimum Gasteiger partial charge on any atom is -0.463 e. The highest BCUT2D eigenvalue weighted by Gasteiger charge is 2.37. The molecule has 37 heavy (non-hydrogen) atoms. The summed E-state index contributed by atoms with van der Waals surface area (Å²) in [5.41, 5.74) is 3.45. The number of benzene rings is 2. The van der Waals surface area contributed by atoms with E-state index in [-0.39, 0.29) is 24.8 Å². The van der Waals surface area contributed by atoms with E-state index in [1.807, 2.05) is 41.3 Å². The highest BCUT2D eigenvalue weighted by atomic mass is 35.5. The second kappa shape index (κ2) is 11.9. The molecule has 8 heteroatoms. The minimum atomic E-state index is -0.415. The Morgan fingerprint density at radius 1 is 0.973 bits per heavy atom. The molecule has 2 aromatic carbocycles. The summed E-state index contributed by atoms with van der Waals surface area (Å²) in [7, 11) is 0. The second-order valence-electron chi connectivity index (χ2n) is 9.43. The maximum absolute atomic E-state index is 13.3. The van der Waals surface area contributed by atoms with Gasteiger partial charge in [0, 0.05) is 54.8 Å². The lowest BCUT2D eigenvalue weighted by atomic mass is 9.83. The van der Waals surface area contributed by atoms with Gasteiger partial charge in [-0.15, -0.1) is 0 Å². The maximum atomic E-state index is 13.3. The number of nitrogens with zero attached hydrogens (tertiary/aromatic N) is 3. The zero-order chi connectivity index (χ0) is 26.5. The van der Waals surface area contributed by atoms with Crippen molar-refractivity contribution in [2.75, 3.05) is 39.3 Å². The fourth-order valence-electron chi connectivity index (χ4n) is 5.04. The van der Waals surface area contributed by atoms with Gasteiger partial charge in [-0.2, -0.15) is 0 Å². The molecule has 2 amide bonds. The van der Waals surface area contributed by atoms with Crippen molar-refractivity contribution < 1.29 is 19.1 Å². The molecule has 0 bridgehead atoms. The number of piperazine rings is 1. The summed E-state index contributed by atoms with van der Waals surface area (Å²) in [5.74, 6) is -0.850. The largest absolute Gasteiger partial charge is 0.463 e. The van der Waals surface area contributed by atoms with Crippen LogP contribution in [0.15, 0.2) is 59.8 Å². The molecule has 0 N–H and O–H groups in total. The Morgan fingerprint density at radius 3 is 2.22 bits per heavy atom. The molecule has 1 atom stereocenters. The average Bonchev–Trinajstić information content (AvgIpc) is 2.91. The summed E-state index contributed by atoms with van der Waals surface area (Å²) < 4.78 is 5.37. The molecule has 196 valence electrons. The molecular weight excluding hydrogens is 490 g/mol. The van der Waals surface area contributed by atoms with Crippen LogP contribution in [0.3, 0.4) is 0 Å². The van der Waals surface area contributed by atoms with Crippen molar-refractivity contribution >= 4 is 29.4 Å². The van der Waals surface area contributed by atoms with Crippen LogP contribution in [0.2, 0.25) is 5.02 Å². The predicted octanol–water partition coefficient (Wildman–Crippen LogP) is 4.47. The Labute approximate surface area is 223 Å². The third-order valence-electron chi connectivity index (χ3n) is 7.24. The normalized spacial score (nSPS) is 18.8. The first kappa shape index (κ1) is 26.9. The quantitative estimate of drug-likeness (QED) is 0.501. The molecule has 1 saturated heterocycles. The van der Waals surface area contributed by atoms with Crippen molar-refractivity contribution in [3.05, 3.63) is 81.5 Å². The second-order valence-corrected chi connectivity index (χ2v) is 9.87. The van der Waals surface area contributed by atoms with Gasteiger partial charge >= 0.3 is 5.97 Å². The lowest BCUT2D eigenvalue weighted by Gasteiger charge is -2.35. The van der Waals surface area contributed by atoms with Crippen LogP contribution < -0.4 is 0 Å². The third kappa shape index (κ3) is 6.05. The fourth-order valence-corrected chi connectivity index (χ4v) is 5.17. The van der Waals surface area contributed by atoms with Gasteiger partial charge in [-0.3, -0.25) is 9.59 Å². The molecule has 4 rings (SSSR count). The van der Waals surface area contributed by atoms with E-state index in [9.17, 15) is 14.4 Å².